The lowest BCUT2D eigenvalue weighted by Crippen LogP contribution is -2.45. The number of nitrogens with zero attached hydrogens (tertiary/aromatic N) is 1. The van der Waals surface area contributed by atoms with Crippen LogP contribution in [0.2, 0.25) is 0 Å². The molecular formula is C16H26N4O. The molecule has 0 aliphatic carbocycles. The number of anilines is 1. The van der Waals surface area contributed by atoms with Crippen molar-refractivity contribution in [1.29, 1.82) is 0 Å². The lowest BCUT2D eigenvalue weighted by atomic mass is 10.1. The Hall–Kier alpha value is -1.59. The summed E-state index contributed by atoms with van der Waals surface area (Å²) in [4.78, 5) is 14.4. The van der Waals surface area contributed by atoms with Gasteiger partial charge in [0.1, 0.15) is 0 Å². The van der Waals surface area contributed by atoms with E-state index in [-0.39, 0.29) is 12.1 Å². The summed E-state index contributed by atoms with van der Waals surface area (Å²) < 4.78 is 0. The van der Waals surface area contributed by atoms with Crippen LogP contribution in [0.3, 0.4) is 0 Å². The van der Waals surface area contributed by atoms with Crippen LogP contribution in [-0.4, -0.2) is 36.6 Å². The van der Waals surface area contributed by atoms with E-state index in [0.717, 1.165) is 30.9 Å². The average Bonchev–Trinajstić information content (AvgIpc) is 2.48. The minimum absolute atomic E-state index is 0.145. The fraction of sp³-hybridized carbons (Fsp3) is 0.562. The standard InChI is InChI=1S/C16H26N4O/c1-13(12-20-9-3-2-4-10-20)18-16(21)19-15-7-5-14(11-17)6-8-15/h5-8,13H,2-4,9-12,17H2,1H3,(H2,18,19,21). The molecule has 2 rings (SSSR count). The SMILES string of the molecule is CC(CN1CCCCC1)NC(=O)Nc1ccc(CN)cc1. The minimum Gasteiger partial charge on any atom is -0.334 e. The number of nitrogens with one attached hydrogen (secondary N) is 2. The van der Waals surface area contributed by atoms with Gasteiger partial charge in [0.2, 0.25) is 0 Å². The van der Waals surface area contributed by atoms with E-state index >= 15 is 0 Å². The average molecular weight is 290 g/mol. The van der Waals surface area contributed by atoms with Crippen molar-refractivity contribution in [3.63, 3.8) is 0 Å². The predicted octanol–water partition coefficient (Wildman–Crippen LogP) is 2.14. The van der Waals surface area contributed by atoms with Crippen molar-refractivity contribution in [2.45, 2.75) is 38.8 Å². The highest BCUT2D eigenvalue weighted by Gasteiger charge is 2.14. The van der Waals surface area contributed by atoms with Crippen molar-refractivity contribution >= 4 is 11.7 Å². The first-order valence-electron chi connectivity index (χ1n) is 7.76. The summed E-state index contributed by atoms with van der Waals surface area (Å²) in [5.41, 5.74) is 7.39. The van der Waals surface area contributed by atoms with Crippen LogP contribution < -0.4 is 16.4 Å². The molecule has 0 spiro atoms. The monoisotopic (exact) mass is 290 g/mol. The van der Waals surface area contributed by atoms with E-state index in [0.29, 0.717) is 6.54 Å². The van der Waals surface area contributed by atoms with Gasteiger partial charge in [-0.1, -0.05) is 18.6 Å². The summed E-state index contributed by atoms with van der Waals surface area (Å²) in [5, 5.41) is 5.84. The van der Waals surface area contributed by atoms with Crippen LogP contribution in [0.1, 0.15) is 31.7 Å². The first kappa shape index (κ1) is 15.8. The summed E-state index contributed by atoms with van der Waals surface area (Å²) in [5.74, 6) is 0. The third-order valence-corrected chi connectivity index (χ3v) is 3.81. The molecule has 1 unspecified atom stereocenters. The van der Waals surface area contributed by atoms with Crippen molar-refractivity contribution in [3.8, 4) is 0 Å². The van der Waals surface area contributed by atoms with E-state index in [2.05, 4.69) is 15.5 Å². The number of amides is 2. The van der Waals surface area contributed by atoms with Gasteiger partial charge in [-0.2, -0.15) is 0 Å². The van der Waals surface area contributed by atoms with Gasteiger partial charge in [-0.15, -0.1) is 0 Å². The fourth-order valence-electron chi connectivity index (χ4n) is 2.69. The Morgan fingerprint density at radius 1 is 1.24 bits per heavy atom. The van der Waals surface area contributed by atoms with E-state index in [1.54, 1.807) is 0 Å². The molecule has 4 N–H and O–H groups in total. The highest BCUT2D eigenvalue weighted by molar-refractivity contribution is 5.89. The molecule has 21 heavy (non-hydrogen) atoms. The van der Waals surface area contributed by atoms with Crippen molar-refractivity contribution in [2.75, 3.05) is 25.0 Å². The molecule has 1 aromatic rings. The minimum atomic E-state index is -0.153. The zero-order valence-corrected chi connectivity index (χ0v) is 12.8. The zero-order valence-electron chi connectivity index (χ0n) is 12.8. The number of benzene rings is 1. The molecule has 0 aromatic heterocycles. The molecular weight excluding hydrogens is 264 g/mol. The highest BCUT2D eigenvalue weighted by atomic mass is 16.2. The Balaban J connectivity index is 1.74. The Labute approximate surface area is 126 Å². The second-order valence-electron chi connectivity index (χ2n) is 5.76. The van der Waals surface area contributed by atoms with Crippen LogP contribution in [-0.2, 0) is 6.54 Å². The van der Waals surface area contributed by atoms with Gasteiger partial charge in [0.15, 0.2) is 0 Å². The van der Waals surface area contributed by atoms with Gasteiger partial charge in [0.05, 0.1) is 0 Å². The molecule has 1 aliphatic rings. The van der Waals surface area contributed by atoms with Crippen LogP contribution in [0.25, 0.3) is 0 Å². The summed E-state index contributed by atoms with van der Waals surface area (Å²) >= 11 is 0. The van der Waals surface area contributed by atoms with E-state index in [1.807, 2.05) is 31.2 Å². The molecule has 5 heteroatoms. The number of rotatable bonds is 5. The van der Waals surface area contributed by atoms with Gasteiger partial charge >= 0.3 is 6.03 Å². The predicted molar refractivity (Wildman–Crippen MR) is 86.2 cm³/mol. The molecule has 0 saturated carbocycles. The quantitative estimate of drug-likeness (QED) is 0.778. The first-order valence-corrected chi connectivity index (χ1v) is 7.76. The van der Waals surface area contributed by atoms with Gasteiger partial charge in [-0.05, 0) is 50.6 Å². The van der Waals surface area contributed by atoms with Gasteiger partial charge < -0.3 is 21.3 Å². The molecule has 1 saturated heterocycles. The van der Waals surface area contributed by atoms with Crippen molar-refractivity contribution in [2.24, 2.45) is 5.73 Å². The highest BCUT2D eigenvalue weighted by Crippen LogP contribution is 2.10. The molecule has 1 heterocycles. The summed E-state index contributed by atoms with van der Waals surface area (Å²) in [6.45, 7) is 5.77. The zero-order chi connectivity index (χ0) is 15.1. The van der Waals surface area contributed by atoms with Crippen molar-refractivity contribution < 1.29 is 4.79 Å². The lowest BCUT2D eigenvalue weighted by molar-refractivity contribution is 0.206. The summed E-state index contributed by atoms with van der Waals surface area (Å²) in [6.07, 6.45) is 3.87. The third-order valence-electron chi connectivity index (χ3n) is 3.81. The van der Waals surface area contributed by atoms with Gasteiger partial charge in [0, 0.05) is 24.8 Å². The molecule has 0 radical (unpaired) electrons. The Morgan fingerprint density at radius 3 is 2.52 bits per heavy atom. The largest absolute Gasteiger partial charge is 0.334 e. The van der Waals surface area contributed by atoms with E-state index in [9.17, 15) is 4.79 Å². The molecule has 1 aliphatic heterocycles. The maximum Gasteiger partial charge on any atom is 0.319 e. The molecule has 1 fully saturated rings. The second-order valence-corrected chi connectivity index (χ2v) is 5.76. The Kier molecular flexibility index (Phi) is 6.02. The van der Waals surface area contributed by atoms with Crippen molar-refractivity contribution in [1.82, 2.24) is 10.2 Å². The third kappa shape index (κ3) is 5.36. The molecule has 0 bridgehead atoms. The van der Waals surface area contributed by atoms with E-state index in [1.165, 1.54) is 19.3 Å². The summed E-state index contributed by atoms with van der Waals surface area (Å²) in [6, 6.07) is 7.58. The summed E-state index contributed by atoms with van der Waals surface area (Å²) in [7, 11) is 0. The Morgan fingerprint density at radius 2 is 1.90 bits per heavy atom. The first-order chi connectivity index (χ1) is 10.2. The maximum absolute atomic E-state index is 12.0. The smallest absolute Gasteiger partial charge is 0.319 e. The lowest BCUT2D eigenvalue weighted by Gasteiger charge is -2.29. The number of likely N-dealkylation sites (tertiary alicyclic amines) is 1. The molecule has 1 aromatic carbocycles. The number of hydrogen-bond acceptors (Lipinski definition) is 3. The number of carbonyl (C=O) groups is 1. The van der Waals surface area contributed by atoms with E-state index in [4.69, 9.17) is 5.73 Å². The maximum atomic E-state index is 12.0. The van der Waals surface area contributed by atoms with Gasteiger partial charge in [-0.3, -0.25) is 0 Å². The van der Waals surface area contributed by atoms with Crippen LogP contribution in [0, 0.1) is 0 Å². The molecule has 1 atom stereocenters. The number of piperidine rings is 1. The molecule has 5 nitrogen and oxygen atoms in total. The number of nitrogens with two attached hydrogens (primary N) is 1. The molecule has 116 valence electrons. The second kappa shape index (κ2) is 8.00. The van der Waals surface area contributed by atoms with Crippen LogP contribution in [0.4, 0.5) is 10.5 Å². The van der Waals surface area contributed by atoms with E-state index < -0.39 is 0 Å². The van der Waals surface area contributed by atoms with Gasteiger partial charge in [0.25, 0.3) is 0 Å². The number of carbonyl (C=O) groups excluding carboxylic acids is 1. The van der Waals surface area contributed by atoms with Crippen LogP contribution in [0.5, 0.6) is 0 Å². The number of urea groups is 1. The fourth-order valence-corrected chi connectivity index (χ4v) is 2.69. The number of hydrogen-bond donors (Lipinski definition) is 3. The van der Waals surface area contributed by atoms with Crippen LogP contribution >= 0.6 is 0 Å². The van der Waals surface area contributed by atoms with Crippen LogP contribution in [0.15, 0.2) is 24.3 Å². The van der Waals surface area contributed by atoms with Crippen molar-refractivity contribution in [3.05, 3.63) is 29.8 Å². The molecule has 2 amide bonds. The normalized spacial score (nSPS) is 17.2. The van der Waals surface area contributed by atoms with Gasteiger partial charge in [-0.25, -0.2) is 4.79 Å². The topological polar surface area (TPSA) is 70.4 Å². The Bertz CT molecular complexity index is 440.